The highest BCUT2D eigenvalue weighted by atomic mass is 32.2. The molecule has 0 fully saturated rings. The maximum absolute atomic E-state index is 11.6. The highest BCUT2D eigenvalue weighted by Crippen LogP contribution is 1.98. The van der Waals surface area contributed by atoms with Crippen LogP contribution in [0.25, 0.3) is 0 Å². The second-order valence-electron chi connectivity index (χ2n) is 3.80. The predicted octanol–water partition coefficient (Wildman–Crippen LogP) is 0.639. The van der Waals surface area contributed by atoms with Gasteiger partial charge in [-0.3, -0.25) is 14.4 Å². The van der Waals surface area contributed by atoms with Crippen molar-refractivity contribution in [3.05, 3.63) is 18.0 Å². The molecule has 0 aromatic carbocycles. The van der Waals surface area contributed by atoms with E-state index >= 15 is 0 Å². The zero-order valence-electron chi connectivity index (χ0n) is 10.6. The SMILES string of the molecule is CCCCCNNC(=O)c1cnc(S(C)=O)nc1. The lowest BCUT2D eigenvalue weighted by Crippen LogP contribution is -2.38. The topological polar surface area (TPSA) is 84.0 Å². The lowest BCUT2D eigenvalue weighted by atomic mass is 10.2. The molecular weight excluding hydrogens is 252 g/mol. The Kier molecular flexibility index (Phi) is 6.45. The second-order valence-corrected chi connectivity index (χ2v) is 5.07. The minimum absolute atomic E-state index is 0.224. The Bertz CT molecular complexity index is 408. The average molecular weight is 270 g/mol. The molecule has 2 N–H and O–H groups in total. The molecule has 1 unspecified atom stereocenters. The Balaban J connectivity index is 2.39. The molecule has 1 aromatic heterocycles. The van der Waals surface area contributed by atoms with Gasteiger partial charge in [0, 0.05) is 25.2 Å². The summed E-state index contributed by atoms with van der Waals surface area (Å²) >= 11 is 0. The molecule has 0 bridgehead atoms. The van der Waals surface area contributed by atoms with Crippen LogP contribution in [-0.4, -0.2) is 32.9 Å². The molecule has 0 saturated carbocycles. The fourth-order valence-electron chi connectivity index (χ4n) is 1.26. The molecule has 0 spiro atoms. The number of aromatic nitrogens is 2. The smallest absolute Gasteiger partial charge is 0.268 e. The summed E-state index contributed by atoms with van der Waals surface area (Å²) in [6, 6.07) is 0. The number of amides is 1. The Morgan fingerprint density at radius 2 is 2.00 bits per heavy atom. The number of hydrogen-bond acceptors (Lipinski definition) is 5. The number of carbonyl (C=O) groups is 1. The van der Waals surface area contributed by atoms with Gasteiger partial charge in [0.25, 0.3) is 5.91 Å². The molecule has 1 heterocycles. The Morgan fingerprint density at radius 1 is 1.33 bits per heavy atom. The molecule has 6 nitrogen and oxygen atoms in total. The van der Waals surface area contributed by atoms with Crippen molar-refractivity contribution in [1.82, 2.24) is 20.8 Å². The summed E-state index contributed by atoms with van der Waals surface area (Å²) in [5.74, 6) is -0.292. The second kappa shape index (κ2) is 7.88. The van der Waals surface area contributed by atoms with Crippen LogP contribution in [0.1, 0.15) is 36.5 Å². The molecule has 0 aliphatic heterocycles. The van der Waals surface area contributed by atoms with Crippen molar-refractivity contribution < 1.29 is 9.00 Å². The first-order chi connectivity index (χ1) is 8.65. The number of nitrogens with zero attached hydrogens (tertiary/aromatic N) is 2. The third-order valence-corrected chi connectivity index (χ3v) is 2.98. The van der Waals surface area contributed by atoms with Crippen LogP contribution in [0.15, 0.2) is 17.6 Å². The van der Waals surface area contributed by atoms with Gasteiger partial charge in [-0.05, 0) is 6.42 Å². The van der Waals surface area contributed by atoms with Crippen LogP contribution in [0, 0.1) is 0 Å². The minimum Gasteiger partial charge on any atom is -0.287 e. The van der Waals surface area contributed by atoms with Gasteiger partial charge in [-0.15, -0.1) is 0 Å². The number of rotatable bonds is 7. The summed E-state index contributed by atoms with van der Waals surface area (Å²) in [6.45, 7) is 2.85. The Labute approximate surface area is 109 Å². The van der Waals surface area contributed by atoms with E-state index in [0.29, 0.717) is 5.56 Å². The van der Waals surface area contributed by atoms with Crippen molar-refractivity contribution in [2.45, 2.75) is 31.3 Å². The molecule has 0 saturated heterocycles. The van der Waals surface area contributed by atoms with Crippen LogP contribution in [-0.2, 0) is 10.8 Å². The van der Waals surface area contributed by atoms with Gasteiger partial charge in [0.1, 0.15) is 0 Å². The maximum atomic E-state index is 11.6. The van der Waals surface area contributed by atoms with Crippen LogP contribution in [0.3, 0.4) is 0 Å². The summed E-state index contributed by atoms with van der Waals surface area (Å²) in [4.78, 5) is 19.3. The Morgan fingerprint density at radius 3 is 2.56 bits per heavy atom. The normalized spacial score (nSPS) is 12.1. The molecule has 0 aliphatic rings. The third-order valence-electron chi connectivity index (χ3n) is 2.25. The van der Waals surface area contributed by atoms with Crippen LogP contribution < -0.4 is 10.9 Å². The van der Waals surface area contributed by atoms with Crippen LogP contribution in [0.5, 0.6) is 0 Å². The highest BCUT2D eigenvalue weighted by molar-refractivity contribution is 7.84. The Hall–Kier alpha value is -1.34. The van der Waals surface area contributed by atoms with E-state index in [1.54, 1.807) is 0 Å². The van der Waals surface area contributed by atoms with Gasteiger partial charge in [0.05, 0.1) is 16.4 Å². The van der Waals surface area contributed by atoms with E-state index in [9.17, 15) is 9.00 Å². The molecule has 100 valence electrons. The van der Waals surface area contributed by atoms with E-state index in [0.717, 1.165) is 25.8 Å². The van der Waals surface area contributed by atoms with Gasteiger partial charge < -0.3 is 0 Å². The van der Waals surface area contributed by atoms with Crippen molar-refractivity contribution in [3.8, 4) is 0 Å². The first kappa shape index (κ1) is 14.7. The van der Waals surface area contributed by atoms with E-state index < -0.39 is 10.8 Å². The van der Waals surface area contributed by atoms with Crippen molar-refractivity contribution >= 4 is 16.7 Å². The quantitative estimate of drug-likeness (QED) is 0.431. The summed E-state index contributed by atoms with van der Waals surface area (Å²) < 4.78 is 11.1. The monoisotopic (exact) mass is 270 g/mol. The fourth-order valence-corrected chi connectivity index (χ4v) is 1.66. The van der Waals surface area contributed by atoms with Gasteiger partial charge in [-0.25, -0.2) is 15.4 Å². The van der Waals surface area contributed by atoms with E-state index in [1.807, 2.05) is 0 Å². The summed E-state index contributed by atoms with van der Waals surface area (Å²) in [7, 11) is -1.23. The zero-order chi connectivity index (χ0) is 13.4. The number of unbranched alkanes of at least 4 members (excludes halogenated alkanes) is 2. The summed E-state index contributed by atoms with van der Waals surface area (Å²) in [6.07, 6.45) is 7.51. The van der Waals surface area contributed by atoms with Crippen molar-refractivity contribution in [1.29, 1.82) is 0 Å². The van der Waals surface area contributed by atoms with Gasteiger partial charge in [-0.1, -0.05) is 19.8 Å². The predicted molar refractivity (Wildman–Crippen MR) is 69.4 cm³/mol. The van der Waals surface area contributed by atoms with E-state index in [1.165, 1.54) is 18.6 Å². The first-order valence-electron chi connectivity index (χ1n) is 5.83. The van der Waals surface area contributed by atoms with Crippen LogP contribution in [0.4, 0.5) is 0 Å². The van der Waals surface area contributed by atoms with Crippen LogP contribution >= 0.6 is 0 Å². The lowest BCUT2D eigenvalue weighted by molar-refractivity contribution is 0.0932. The lowest BCUT2D eigenvalue weighted by Gasteiger charge is -2.06. The molecule has 1 amide bonds. The molecule has 7 heteroatoms. The molecule has 1 aromatic rings. The van der Waals surface area contributed by atoms with Crippen LogP contribution in [0.2, 0.25) is 0 Å². The largest absolute Gasteiger partial charge is 0.287 e. The number of hydrazine groups is 1. The first-order valence-corrected chi connectivity index (χ1v) is 7.39. The van der Waals surface area contributed by atoms with E-state index in [-0.39, 0.29) is 11.1 Å². The van der Waals surface area contributed by atoms with Crippen molar-refractivity contribution in [2.24, 2.45) is 0 Å². The molecule has 1 rings (SSSR count). The van der Waals surface area contributed by atoms with Gasteiger partial charge in [-0.2, -0.15) is 0 Å². The van der Waals surface area contributed by atoms with Crippen molar-refractivity contribution in [3.63, 3.8) is 0 Å². The molecule has 18 heavy (non-hydrogen) atoms. The maximum Gasteiger partial charge on any atom is 0.268 e. The molecule has 0 aliphatic carbocycles. The summed E-state index contributed by atoms with van der Waals surface area (Å²) in [5, 5.41) is 0.224. The highest BCUT2D eigenvalue weighted by Gasteiger charge is 2.07. The van der Waals surface area contributed by atoms with Gasteiger partial charge >= 0.3 is 0 Å². The van der Waals surface area contributed by atoms with E-state index in [2.05, 4.69) is 27.7 Å². The van der Waals surface area contributed by atoms with Crippen molar-refractivity contribution in [2.75, 3.05) is 12.8 Å². The minimum atomic E-state index is -1.23. The van der Waals surface area contributed by atoms with E-state index in [4.69, 9.17) is 0 Å². The number of nitrogens with one attached hydrogen (secondary N) is 2. The average Bonchev–Trinajstić information content (AvgIpc) is 2.38. The molecular formula is C11H18N4O2S. The third kappa shape index (κ3) is 4.89. The summed E-state index contributed by atoms with van der Waals surface area (Å²) in [5.41, 5.74) is 5.74. The standard InChI is InChI=1S/C11H18N4O2S/c1-3-4-5-6-14-15-10(16)9-7-12-11(13-8-9)18(2)17/h7-8,14H,3-6H2,1-2H3,(H,15,16). The zero-order valence-corrected chi connectivity index (χ0v) is 11.4. The van der Waals surface area contributed by atoms with Gasteiger partial charge in [0.2, 0.25) is 5.16 Å². The molecule has 1 atom stereocenters. The number of hydrogen-bond donors (Lipinski definition) is 2. The van der Waals surface area contributed by atoms with Gasteiger partial charge in [0.15, 0.2) is 0 Å². The molecule has 0 radical (unpaired) electrons. The fraction of sp³-hybridized carbons (Fsp3) is 0.545. The number of carbonyl (C=O) groups excluding carboxylic acids is 1.